The van der Waals surface area contributed by atoms with Crippen LogP contribution in [0.4, 0.5) is 4.79 Å². The molecule has 2 rings (SSSR count). The Morgan fingerprint density at radius 3 is 2.64 bits per heavy atom. The van der Waals surface area contributed by atoms with E-state index in [-0.39, 0.29) is 5.91 Å². The lowest BCUT2D eigenvalue weighted by Crippen LogP contribution is -2.49. The smallest absolute Gasteiger partial charge is 0.326 e. The van der Waals surface area contributed by atoms with Crippen molar-refractivity contribution in [1.82, 2.24) is 15.5 Å². The summed E-state index contributed by atoms with van der Waals surface area (Å²) in [5.41, 5.74) is -0.874. The van der Waals surface area contributed by atoms with Gasteiger partial charge in [-0.2, -0.15) is 0 Å². The van der Waals surface area contributed by atoms with Gasteiger partial charge in [0.25, 0.3) is 11.8 Å². The number of esters is 1. The summed E-state index contributed by atoms with van der Waals surface area (Å²) in [6.07, 6.45) is 4.70. The van der Waals surface area contributed by atoms with Gasteiger partial charge in [0, 0.05) is 6.54 Å². The van der Waals surface area contributed by atoms with Crippen LogP contribution in [0, 0.1) is 5.92 Å². The first kappa shape index (κ1) is 19.2. The van der Waals surface area contributed by atoms with Crippen LogP contribution < -0.4 is 10.6 Å². The van der Waals surface area contributed by atoms with Gasteiger partial charge < -0.3 is 15.4 Å². The van der Waals surface area contributed by atoms with E-state index in [1.54, 1.807) is 0 Å². The van der Waals surface area contributed by atoms with E-state index in [2.05, 4.69) is 17.6 Å². The second-order valence-electron chi connectivity index (χ2n) is 6.95. The zero-order chi connectivity index (χ0) is 18.4. The summed E-state index contributed by atoms with van der Waals surface area (Å²) in [7, 11) is 0. The van der Waals surface area contributed by atoms with Crippen LogP contribution in [-0.4, -0.2) is 54.0 Å². The van der Waals surface area contributed by atoms with Gasteiger partial charge in [-0.25, -0.2) is 4.79 Å². The van der Waals surface area contributed by atoms with E-state index >= 15 is 0 Å². The van der Waals surface area contributed by atoms with Gasteiger partial charge >= 0.3 is 12.0 Å². The molecule has 0 atom stereocenters. The number of imide groups is 1. The molecule has 140 valence electrons. The topological polar surface area (TPSA) is 105 Å². The third-order valence-corrected chi connectivity index (χ3v) is 4.88. The fourth-order valence-electron chi connectivity index (χ4n) is 3.19. The molecule has 4 amide bonds. The van der Waals surface area contributed by atoms with Crippen LogP contribution in [-0.2, 0) is 19.1 Å². The average Bonchev–Trinajstić information content (AvgIpc) is 2.80. The van der Waals surface area contributed by atoms with Crippen LogP contribution >= 0.6 is 0 Å². The Hall–Kier alpha value is -2.12. The molecule has 2 fully saturated rings. The summed E-state index contributed by atoms with van der Waals surface area (Å²) < 4.78 is 4.86. The van der Waals surface area contributed by atoms with Gasteiger partial charge in [0.15, 0.2) is 6.61 Å². The molecular formula is C17H27N3O5. The van der Waals surface area contributed by atoms with E-state index in [4.69, 9.17) is 4.74 Å². The van der Waals surface area contributed by atoms with Crippen molar-refractivity contribution in [1.29, 1.82) is 0 Å². The fourth-order valence-corrected chi connectivity index (χ4v) is 3.19. The second-order valence-corrected chi connectivity index (χ2v) is 6.95. The van der Waals surface area contributed by atoms with E-state index in [0.717, 1.165) is 30.6 Å². The van der Waals surface area contributed by atoms with Crippen molar-refractivity contribution in [3.63, 3.8) is 0 Å². The Morgan fingerprint density at radius 2 is 2.00 bits per heavy atom. The summed E-state index contributed by atoms with van der Waals surface area (Å²) >= 11 is 0. The number of rotatable bonds is 7. The highest BCUT2D eigenvalue weighted by Crippen LogP contribution is 2.36. The number of nitrogens with zero attached hydrogens (tertiary/aromatic N) is 1. The molecule has 1 saturated heterocycles. The van der Waals surface area contributed by atoms with Crippen molar-refractivity contribution in [3.05, 3.63) is 0 Å². The van der Waals surface area contributed by atoms with Crippen LogP contribution in [0.3, 0.4) is 0 Å². The van der Waals surface area contributed by atoms with E-state index in [1.165, 1.54) is 0 Å². The Labute approximate surface area is 147 Å². The highest BCUT2D eigenvalue weighted by molar-refractivity contribution is 6.08. The normalized spacial score (nSPS) is 25.8. The van der Waals surface area contributed by atoms with Crippen LogP contribution in [0.2, 0.25) is 0 Å². The first-order valence-corrected chi connectivity index (χ1v) is 8.94. The molecule has 0 aromatic heterocycles. The van der Waals surface area contributed by atoms with Crippen molar-refractivity contribution in [3.8, 4) is 0 Å². The number of amides is 4. The molecular weight excluding hydrogens is 326 g/mol. The van der Waals surface area contributed by atoms with Gasteiger partial charge in [0.1, 0.15) is 12.1 Å². The van der Waals surface area contributed by atoms with Crippen molar-refractivity contribution in [2.45, 2.75) is 57.9 Å². The number of nitrogens with one attached hydrogen (secondary N) is 2. The maximum Gasteiger partial charge on any atom is 0.326 e. The third kappa shape index (κ3) is 4.70. The lowest BCUT2D eigenvalue weighted by atomic mass is 9.77. The molecule has 25 heavy (non-hydrogen) atoms. The van der Waals surface area contributed by atoms with Gasteiger partial charge in [-0.15, -0.1) is 0 Å². The second kappa shape index (κ2) is 8.31. The summed E-state index contributed by atoms with van der Waals surface area (Å²) in [6, 6.07) is -0.566. The third-order valence-electron chi connectivity index (χ3n) is 4.88. The quantitative estimate of drug-likeness (QED) is 0.403. The number of unbranched alkanes of at least 4 members (excludes halogenated alkanes) is 1. The van der Waals surface area contributed by atoms with Crippen LogP contribution in [0.25, 0.3) is 0 Å². The molecule has 2 aliphatic rings. The van der Waals surface area contributed by atoms with Crippen molar-refractivity contribution in [2.75, 3.05) is 19.7 Å². The highest BCUT2D eigenvalue weighted by Gasteiger charge is 2.52. The van der Waals surface area contributed by atoms with Gasteiger partial charge in [-0.05, 0) is 38.0 Å². The predicted octanol–water partition coefficient (Wildman–Crippen LogP) is 0.947. The minimum absolute atomic E-state index is 0.367. The molecule has 1 aliphatic heterocycles. The van der Waals surface area contributed by atoms with Crippen molar-refractivity contribution >= 4 is 23.8 Å². The number of carbonyl (C=O) groups is 4. The SMILES string of the molecule is CCCCNC(=O)COC(=O)CN1C(=O)NC2(CCC(C)CC2)C1=O. The Bertz CT molecular complexity index is 540. The molecule has 0 radical (unpaired) electrons. The number of hydrogen-bond acceptors (Lipinski definition) is 5. The minimum atomic E-state index is -0.874. The molecule has 1 aliphatic carbocycles. The van der Waals surface area contributed by atoms with Crippen molar-refractivity contribution in [2.24, 2.45) is 5.92 Å². The Balaban J connectivity index is 1.81. The molecule has 0 aromatic carbocycles. The Kier molecular flexibility index (Phi) is 6.39. The molecule has 2 N–H and O–H groups in total. The van der Waals surface area contributed by atoms with Gasteiger partial charge in [0.2, 0.25) is 0 Å². The van der Waals surface area contributed by atoms with Crippen LogP contribution in [0.15, 0.2) is 0 Å². The van der Waals surface area contributed by atoms with Gasteiger partial charge in [-0.1, -0.05) is 20.3 Å². The summed E-state index contributed by atoms with van der Waals surface area (Å²) in [5.74, 6) is -0.999. The molecule has 8 nitrogen and oxygen atoms in total. The van der Waals surface area contributed by atoms with Crippen LogP contribution in [0.1, 0.15) is 52.4 Å². The van der Waals surface area contributed by atoms with Crippen LogP contribution in [0.5, 0.6) is 0 Å². The first-order chi connectivity index (χ1) is 11.9. The van der Waals surface area contributed by atoms with E-state index < -0.39 is 36.6 Å². The molecule has 1 saturated carbocycles. The number of hydrogen-bond donors (Lipinski definition) is 2. The zero-order valence-corrected chi connectivity index (χ0v) is 14.9. The largest absolute Gasteiger partial charge is 0.454 e. The van der Waals surface area contributed by atoms with E-state index in [0.29, 0.717) is 25.3 Å². The molecule has 1 spiro atoms. The molecule has 1 heterocycles. The molecule has 8 heteroatoms. The summed E-state index contributed by atoms with van der Waals surface area (Å²) in [4.78, 5) is 49.0. The standard InChI is InChI=1S/C17H27N3O5/c1-3-4-9-18-13(21)11-25-14(22)10-20-15(23)17(19-16(20)24)7-5-12(2)6-8-17/h12H,3-11H2,1-2H3,(H,18,21)(H,19,24). The highest BCUT2D eigenvalue weighted by atomic mass is 16.5. The number of carbonyl (C=O) groups excluding carboxylic acids is 4. The maximum atomic E-state index is 12.6. The van der Waals surface area contributed by atoms with Gasteiger partial charge in [0.05, 0.1) is 0 Å². The fraction of sp³-hybridized carbons (Fsp3) is 0.765. The van der Waals surface area contributed by atoms with Crippen molar-refractivity contribution < 1.29 is 23.9 Å². The van der Waals surface area contributed by atoms with Gasteiger partial charge in [-0.3, -0.25) is 19.3 Å². The lowest BCUT2D eigenvalue weighted by Gasteiger charge is -2.33. The zero-order valence-electron chi connectivity index (χ0n) is 14.9. The summed E-state index contributed by atoms with van der Waals surface area (Å²) in [6.45, 7) is 3.78. The summed E-state index contributed by atoms with van der Waals surface area (Å²) in [5, 5.41) is 5.37. The molecule has 0 bridgehead atoms. The Morgan fingerprint density at radius 1 is 1.32 bits per heavy atom. The monoisotopic (exact) mass is 353 g/mol. The first-order valence-electron chi connectivity index (χ1n) is 8.94. The van der Waals surface area contributed by atoms with E-state index in [9.17, 15) is 19.2 Å². The molecule has 0 unspecified atom stereocenters. The lowest BCUT2D eigenvalue weighted by molar-refractivity contribution is -0.151. The maximum absolute atomic E-state index is 12.6. The molecule has 0 aromatic rings. The minimum Gasteiger partial charge on any atom is -0.454 e. The average molecular weight is 353 g/mol. The van der Waals surface area contributed by atoms with E-state index in [1.807, 2.05) is 6.92 Å². The number of urea groups is 1. The predicted molar refractivity (Wildman–Crippen MR) is 89.5 cm³/mol. The number of ether oxygens (including phenoxy) is 1.